The molecule has 0 amide bonds. The van der Waals surface area contributed by atoms with Crippen molar-refractivity contribution in [1.29, 1.82) is 0 Å². The van der Waals surface area contributed by atoms with Crippen LogP contribution in [0, 0.1) is 5.92 Å². The van der Waals surface area contributed by atoms with Crippen molar-refractivity contribution in [2.24, 2.45) is 5.92 Å². The second kappa shape index (κ2) is 8.71. The Balaban J connectivity index is 1.92. The van der Waals surface area contributed by atoms with Gasteiger partial charge in [-0.1, -0.05) is 43.5 Å². The fourth-order valence-corrected chi connectivity index (χ4v) is 4.28. The Kier molecular flexibility index (Phi) is 6.51. The number of fused-ring (bicyclic) bond motifs is 1. The molecule has 1 aromatic carbocycles. The minimum Gasteiger partial charge on any atom is -0.379 e. The molecule has 0 saturated heterocycles. The van der Waals surface area contributed by atoms with Gasteiger partial charge in [-0.3, -0.25) is 9.59 Å². The molecule has 0 heterocycles. The fraction of sp³-hybridized carbons (Fsp3) is 0.583. The Labute approximate surface area is 168 Å². The van der Waals surface area contributed by atoms with Gasteiger partial charge in [0, 0.05) is 29.4 Å². The maximum Gasteiger partial charge on any atom is 0.192 e. The van der Waals surface area contributed by atoms with Gasteiger partial charge in [0.2, 0.25) is 0 Å². The molecule has 0 radical (unpaired) electrons. The normalized spacial score (nSPS) is 19.7. The van der Waals surface area contributed by atoms with Gasteiger partial charge in [0.15, 0.2) is 11.6 Å². The fourth-order valence-electron chi connectivity index (χ4n) is 4.28. The average molecular weight is 385 g/mol. The van der Waals surface area contributed by atoms with E-state index < -0.39 is 6.10 Å². The largest absolute Gasteiger partial charge is 0.379 e. The van der Waals surface area contributed by atoms with Crippen LogP contribution in [0.4, 0.5) is 0 Å². The molecule has 2 aliphatic carbocycles. The quantitative estimate of drug-likeness (QED) is 0.651. The van der Waals surface area contributed by atoms with E-state index in [1.165, 1.54) is 6.42 Å². The SMILES string of the molecule is COC(C)(C)CCOC(C)C1=C(C2CCCCC2)C(=O)c2ccccc2C1=O. The third-order valence-electron chi connectivity index (χ3n) is 6.24. The third-order valence-corrected chi connectivity index (χ3v) is 6.24. The van der Waals surface area contributed by atoms with Crippen LogP contribution >= 0.6 is 0 Å². The van der Waals surface area contributed by atoms with E-state index in [0.717, 1.165) is 32.1 Å². The molecule has 0 aliphatic heterocycles. The summed E-state index contributed by atoms with van der Waals surface area (Å²) >= 11 is 0. The summed E-state index contributed by atoms with van der Waals surface area (Å²) in [7, 11) is 1.69. The molecule has 0 aromatic heterocycles. The zero-order valence-corrected chi connectivity index (χ0v) is 17.5. The number of hydrogen-bond acceptors (Lipinski definition) is 4. The minimum atomic E-state index is -0.408. The van der Waals surface area contributed by atoms with Crippen molar-refractivity contribution in [1.82, 2.24) is 0 Å². The van der Waals surface area contributed by atoms with E-state index in [2.05, 4.69) is 0 Å². The number of methoxy groups -OCH3 is 1. The van der Waals surface area contributed by atoms with Crippen molar-refractivity contribution in [3.63, 3.8) is 0 Å². The van der Waals surface area contributed by atoms with Crippen LogP contribution in [0.5, 0.6) is 0 Å². The zero-order chi connectivity index (χ0) is 20.3. The Morgan fingerprint density at radius 3 is 2.25 bits per heavy atom. The number of rotatable bonds is 7. The maximum absolute atomic E-state index is 13.4. The first-order valence-corrected chi connectivity index (χ1v) is 10.4. The van der Waals surface area contributed by atoms with Crippen LogP contribution < -0.4 is 0 Å². The standard InChI is InChI=1S/C24H32O4/c1-16(28-15-14-24(2,3)27-4)20-21(17-10-6-5-7-11-17)23(26)19-13-9-8-12-18(19)22(20)25/h8-9,12-13,16-17H,5-7,10-11,14-15H2,1-4H3. The van der Waals surface area contributed by atoms with Crippen molar-refractivity contribution >= 4 is 11.6 Å². The van der Waals surface area contributed by atoms with Crippen LogP contribution in [0.2, 0.25) is 0 Å². The molecule has 0 N–H and O–H groups in total. The first kappa shape index (κ1) is 20.9. The molecule has 3 rings (SSSR count). The van der Waals surface area contributed by atoms with Crippen molar-refractivity contribution in [3.8, 4) is 0 Å². The third kappa shape index (κ3) is 4.28. The molecule has 1 saturated carbocycles. The molecule has 1 atom stereocenters. The second-order valence-corrected chi connectivity index (χ2v) is 8.59. The summed E-state index contributed by atoms with van der Waals surface area (Å²) in [5.74, 6) is 0.133. The highest BCUT2D eigenvalue weighted by atomic mass is 16.5. The maximum atomic E-state index is 13.4. The molecule has 4 nitrogen and oxygen atoms in total. The van der Waals surface area contributed by atoms with E-state index in [1.807, 2.05) is 32.9 Å². The van der Waals surface area contributed by atoms with Gasteiger partial charge in [-0.2, -0.15) is 0 Å². The lowest BCUT2D eigenvalue weighted by molar-refractivity contribution is -0.0178. The molecule has 4 heteroatoms. The smallest absolute Gasteiger partial charge is 0.192 e. The molecule has 1 fully saturated rings. The molecular weight excluding hydrogens is 352 g/mol. The van der Waals surface area contributed by atoms with E-state index in [0.29, 0.717) is 28.9 Å². The monoisotopic (exact) mass is 384 g/mol. The van der Waals surface area contributed by atoms with Crippen LogP contribution in [0.15, 0.2) is 35.4 Å². The first-order chi connectivity index (χ1) is 13.4. The zero-order valence-electron chi connectivity index (χ0n) is 17.5. The van der Waals surface area contributed by atoms with Crippen molar-refractivity contribution in [3.05, 3.63) is 46.5 Å². The number of ether oxygens (including phenoxy) is 2. The topological polar surface area (TPSA) is 52.6 Å². The van der Waals surface area contributed by atoms with Crippen LogP contribution in [0.3, 0.4) is 0 Å². The lowest BCUT2D eigenvalue weighted by Crippen LogP contribution is -2.33. The summed E-state index contributed by atoms with van der Waals surface area (Å²) < 4.78 is 11.5. The van der Waals surface area contributed by atoms with Crippen molar-refractivity contribution in [2.75, 3.05) is 13.7 Å². The molecule has 1 unspecified atom stereocenters. The minimum absolute atomic E-state index is 0.0183. The molecule has 0 spiro atoms. The Bertz CT molecular complexity index is 769. The van der Waals surface area contributed by atoms with Gasteiger partial charge >= 0.3 is 0 Å². The highest BCUT2D eigenvalue weighted by Crippen LogP contribution is 2.39. The van der Waals surface area contributed by atoms with Crippen LogP contribution in [-0.2, 0) is 9.47 Å². The van der Waals surface area contributed by atoms with E-state index in [-0.39, 0.29) is 23.1 Å². The lowest BCUT2D eigenvalue weighted by atomic mass is 9.73. The van der Waals surface area contributed by atoms with Gasteiger partial charge in [0.25, 0.3) is 0 Å². The van der Waals surface area contributed by atoms with Crippen molar-refractivity contribution in [2.45, 2.75) is 71.0 Å². The average Bonchev–Trinajstić information content (AvgIpc) is 2.71. The number of benzene rings is 1. The van der Waals surface area contributed by atoms with Gasteiger partial charge in [-0.15, -0.1) is 0 Å². The van der Waals surface area contributed by atoms with Crippen LogP contribution in [0.1, 0.15) is 80.0 Å². The summed E-state index contributed by atoms with van der Waals surface area (Å²) in [5.41, 5.74) is 2.06. The predicted molar refractivity (Wildman–Crippen MR) is 110 cm³/mol. The van der Waals surface area contributed by atoms with Crippen molar-refractivity contribution < 1.29 is 19.1 Å². The number of ketones is 2. The molecular formula is C24H32O4. The highest BCUT2D eigenvalue weighted by Gasteiger charge is 2.38. The summed E-state index contributed by atoms with van der Waals surface area (Å²) in [6, 6.07) is 7.19. The van der Waals surface area contributed by atoms with Gasteiger partial charge in [-0.25, -0.2) is 0 Å². The van der Waals surface area contributed by atoms with Crippen LogP contribution in [-0.4, -0.2) is 37.0 Å². The van der Waals surface area contributed by atoms with Crippen LogP contribution in [0.25, 0.3) is 0 Å². The van der Waals surface area contributed by atoms with Gasteiger partial charge in [0.05, 0.1) is 18.3 Å². The van der Waals surface area contributed by atoms with E-state index in [1.54, 1.807) is 19.2 Å². The number of carbonyl (C=O) groups excluding carboxylic acids is 2. The summed E-state index contributed by atoms with van der Waals surface area (Å²) in [6.45, 7) is 6.40. The number of Topliss-reactive ketones (excluding diaryl/α,β-unsaturated/α-hetero) is 2. The van der Waals surface area contributed by atoms with Gasteiger partial charge in [-0.05, 0) is 46.0 Å². The van der Waals surface area contributed by atoms with E-state index >= 15 is 0 Å². The first-order valence-electron chi connectivity index (χ1n) is 10.4. The molecule has 152 valence electrons. The second-order valence-electron chi connectivity index (χ2n) is 8.59. The molecule has 0 bridgehead atoms. The lowest BCUT2D eigenvalue weighted by Gasteiger charge is -2.32. The summed E-state index contributed by atoms with van der Waals surface area (Å²) in [5, 5.41) is 0. The molecule has 1 aromatic rings. The van der Waals surface area contributed by atoms with E-state index in [9.17, 15) is 9.59 Å². The Morgan fingerprint density at radius 2 is 1.64 bits per heavy atom. The number of allylic oxidation sites excluding steroid dienone is 1. The van der Waals surface area contributed by atoms with Gasteiger partial charge in [0.1, 0.15) is 0 Å². The van der Waals surface area contributed by atoms with E-state index in [4.69, 9.17) is 9.47 Å². The summed E-state index contributed by atoms with van der Waals surface area (Å²) in [4.78, 5) is 26.7. The number of hydrogen-bond donors (Lipinski definition) is 0. The predicted octanol–water partition coefficient (Wildman–Crippen LogP) is 5.16. The highest BCUT2D eigenvalue weighted by molar-refractivity contribution is 6.27. The number of carbonyl (C=O) groups is 2. The molecule has 28 heavy (non-hydrogen) atoms. The Hall–Kier alpha value is -1.78. The molecule has 2 aliphatic rings. The Morgan fingerprint density at radius 1 is 1.04 bits per heavy atom. The summed E-state index contributed by atoms with van der Waals surface area (Å²) in [6.07, 6.45) is 5.69. The van der Waals surface area contributed by atoms with Gasteiger partial charge < -0.3 is 9.47 Å².